The topological polar surface area (TPSA) is 115 Å². The van der Waals surface area contributed by atoms with Gasteiger partial charge >= 0.3 is 5.97 Å². The number of aromatic nitrogens is 2. The molecule has 1 aromatic heterocycles. The zero-order chi connectivity index (χ0) is 23.4. The number of esters is 1. The van der Waals surface area contributed by atoms with Gasteiger partial charge in [-0.25, -0.2) is 0 Å². The Kier molecular flexibility index (Phi) is 5.08. The Morgan fingerprint density at radius 1 is 1.00 bits per heavy atom. The lowest BCUT2D eigenvalue weighted by molar-refractivity contribution is -0.199. The Bertz CT molecular complexity index is 1140. The minimum Gasteiger partial charge on any atom is -0.461 e. The minimum absolute atomic E-state index is 0.0911. The smallest absolute Gasteiger partial charge is 0.309 e. The quantitative estimate of drug-likeness (QED) is 0.699. The van der Waals surface area contributed by atoms with Crippen molar-refractivity contribution in [3.63, 3.8) is 0 Å². The van der Waals surface area contributed by atoms with Gasteiger partial charge in [-0.15, -0.1) is 0 Å². The monoisotopic (exact) mass is 462 g/mol. The van der Waals surface area contributed by atoms with E-state index >= 15 is 0 Å². The molecule has 1 aliphatic heterocycles. The molecule has 2 heterocycles. The second kappa shape index (κ2) is 8.03. The number of benzene rings is 1. The number of rotatable bonds is 4. The van der Waals surface area contributed by atoms with Gasteiger partial charge in [0.15, 0.2) is 0 Å². The normalized spacial score (nSPS) is 32.6. The maximum atomic E-state index is 13.2. The molecule has 2 aromatic rings. The van der Waals surface area contributed by atoms with E-state index in [1.807, 2.05) is 12.1 Å². The first kappa shape index (κ1) is 21.5. The average Bonchev–Trinajstić information content (AvgIpc) is 2.85. The van der Waals surface area contributed by atoms with Crippen LogP contribution in [-0.4, -0.2) is 51.8 Å². The number of para-hydroxylation sites is 1. The molecule has 0 spiro atoms. The Labute approximate surface area is 198 Å². The summed E-state index contributed by atoms with van der Waals surface area (Å²) in [6, 6.07) is 5.42. The molecule has 178 valence electrons. The van der Waals surface area contributed by atoms with E-state index in [9.17, 15) is 14.4 Å². The standard InChI is InChI=1S/C26H30N4O4/c27-25(33)26-13-15-10-16(14-26)12-18(11-15)22(26)34-24(32)17-4-8-30(9-5-17)23(31)19-2-1-3-20-21(19)29-7-6-28-20/h1-3,6-7,15-18,22H,4-5,8-14H2,(H2,27,33). The number of carbonyl (C=O) groups is 3. The van der Waals surface area contributed by atoms with Gasteiger partial charge < -0.3 is 15.4 Å². The van der Waals surface area contributed by atoms with Crippen LogP contribution in [0, 0.1) is 29.1 Å². The van der Waals surface area contributed by atoms with Crippen LogP contribution < -0.4 is 5.73 Å². The highest BCUT2D eigenvalue weighted by atomic mass is 16.5. The highest BCUT2D eigenvalue weighted by Gasteiger charge is 2.62. The van der Waals surface area contributed by atoms with Gasteiger partial charge in [0.2, 0.25) is 5.91 Å². The number of piperidine rings is 1. The molecule has 4 saturated carbocycles. The van der Waals surface area contributed by atoms with Crippen molar-refractivity contribution in [1.82, 2.24) is 14.9 Å². The summed E-state index contributed by atoms with van der Waals surface area (Å²) in [7, 11) is 0. The van der Waals surface area contributed by atoms with Crippen LogP contribution in [0.5, 0.6) is 0 Å². The lowest BCUT2D eigenvalue weighted by Gasteiger charge is -2.58. The molecule has 1 aromatic carbocycles. The first-order valence-electron chi connectivity index (χ1n) is 12.4. The minimum atomic E-state index is -0.684. The van der Waals surface area contributed by atoms with E-state index < -0.39 is 5.41 Å². The molecule has 4 aliphatic carbocycles. The van der Waals surface area contributed by atoms with Crippen molar-refractivity contribution < 1.29 is 19.1 Å². The molecule has 0 radical (unpaired) electrons. The summed E-state index contributed by atoms with van der Waals surface area (Å²) in [5.41, 5.74) is 7.02. The fraction of sp³-hybridized carbons (Fsp3) is 0.577. The van der Waals surface area contributed by atoms with Gasteiger partial charge in [0.1, 0.15) is 11.6 Å². The third kappa shape index (κ3) is 3.37. The number of ether oxygens (including phenoxy) is 1. The average molecular weight is 463 g/mol. The number of primary amides is 1. The van der Waals surface area contributed by atoms with E-state index in [1.165, 1.54) is 6.42 Å². The number of carbonyl (C=O) groups excluding carboxylic acids is 3. The molecule has 8 heteroatoms. The molecular weight excluding hydrogens is 432 g/mol. The predicted molar refractivity (Wildman–Crippen MR) is 123 cm³/mol. The lowest BCUT2D eigenvalue weighted by Crippen LogP contribution is -2.62. The Morgan fingerprint density at radius 2 is 1.71 bits per heavy atom. The molecule has 2 amide bonds. The Balaban J connectivity index is 1.12. The molecule has 7 rings (SSSR count). The number of nitrogens with zero attached hydrogens (tertiary/aromatic N) is 3. The summed E-state index contributed by atoms with van der Waals surface area (Å²) < 4.78 is 6.11. The summed E-state index contributed by atoms with van der Waals surface area (Å²) in [4.78, 5) is 49.3. The van der Waals surface area contributed by atoms with E-state index in [2.05, 4.69) is 9.97 Å². The van der Waals surface area contributed by atoms with E-state index in [1.54, 1.807) is 23.4 Å². The van der Waals surface area contributed by atoms with Crippen LogP contribution in [0.1, 0.15) is 55.3 Å². The number of amides is 2. The zero-order valence-corrected chi connectivity index (χ0v) is 19.2. The summed E-state index contributed by atoms with van der Waals surface area (Å²) in [5, 5.41) is 0. The molecule has 3 unspecified atom stereocenters. The largest absolute Gasteiger partial charge is 0.461 e. The third-order valence-corrected chi connectivity index (χ3v) is 8.80. The van der Waals surface area contributed by atoms with Crippen molar-refractivity contribution in [2.24, 2.45) is 34.8 Å². The molecular formula is C26H30N4O4. The summed E-state index contributed by atoms with van der Waals surface area (Å²) >= 11 is 0. The van der Waals surface area contributed by atoms with Gasteiger partial charge in [0.05, 0.1) is 22.4 Å². The van der Waals surface area contributed by atoms with Crippen molar-refractivity contribution in [2.75, 3.05) is 13.1 Å². The number of likely N-dealkylation sites (tertiary alicyclic amines) is 1. The second-order valence-electron chi connectivity index (χ2n) is 10.8. The van der Waals surface area contributed by atoms with E-state index in [0.717, 1.165) is 25.7 Å². The second-order valence-corrected chi connectivity index (χ2v) is 10.8. The first-order valence-corrected chi connectivity index (χ1v) is 12.4. The summed E-state index contributed by atoms with van der Waals surface area (Å²) in [6.07, 6.45) is 8.67. The third-order valence-electron chi connectivity index (χ3n) is 8.80. The Morgan fingerprint density at radius 3 is 2.41 bits per heavy atom. The van der Waals surface area contributed by atoms with Gasteiger partial charge in [-0.2, -0.15) is 0 Å². The van der Waals surface area contributed by atoms with Gasteiger partial charge in [-0.3, -0.25) is 24.4 Å². The van der Waals surface area contributed by atoms with Crippen LogP contribution in [0.25, 0.3) is 11.0 Å². The molecule has 1 saturated heterocycles. The van der Waals surface area contributed by atoms with E-state index in [4.69, 9.17) is 10.5 Å². The number of hydrogen-bond acceptors (Lipinski definition) is 6. The lowest BCUT2D eigenvalue weighted by atomic mass is 9.48. The van der Waals surface area contributed by atoms with Gasteiger partial charge in [-0.1, -0.05) is 6.07 Å². The van der Waals surface area contributed by atoms with Gasteiger partial charge in [0.25, 0.3) is 5.91 Å². The van der Waals surface area contributed by atoms with Crippen molar-refractivity contribution >= 4 is 28.8 Å². The number of hydrogen-bond donors (Lipinski definition) is 1. The van der Waals surface area contributed by atoms with Crippen molar-refractivity contribution in [2.45, 2.75) is 51.0 Å². The summed E-state index contributed by atoms with van der Waals surface area (Å²) in [5.74, 6) is 0.423. The van der Waals surface area contributed by atoms with Crippen LogP contribution in [-0.2, 0) is 14.3 Å². The van der Waals surface area contributed by atoms with Crippen molar-refractivity contribution in [3.8, 4) is 0 Å². The molecule has 3 atom stereocenters. The van der Waals surface area contributed by atoms with Crippen molar-refractivity contribution in [3.05, 3.63) is 36.2 Å². The maximum absolute atomic E-state index is 13.2. The van der Waals surface area contributed by atoms with Crippen LogP contribution >= 0.6 is 0 Å². The molecule has 8 nitrogen and oxygen atoms in total. The fourth-order valence-electron chi connectivity index (χ4n) is 7.42. The number of nitrogens with two attached hydrogens (primary N) is 1. The SMILES string of the molecule is NC(=O)C12CC3CC(CC(C3)C1OC(=O)C1CCN(C(=O)c3cccc4nccnc34)CC1)C2. The van der Waals surface area contributed by atoms with Crippen LogP contribution in [0.4, 0.5) is 0 Å². The van der Waals surface area contributed by atoms with Gasteiger partial charge in [-0.05, 0) is 74.8 Å². The van der Waals surface area contributed by atoms with Crippen molar-refractivity contribution in [1.29, 1.82) is 0 Å². The first-order chi connectivity index (χ1) is 16.4. The predicted octanol–water partition coefficient (Wildman–Crippen LogP) is 2.71. The van der Waals surface area contributed by atoms with Gasteiger partial charge in [0, 0.05) is 25.5 Å². The van der Waals surface area contributed by atoms with Crippen LogP contribution in [0.2, 0.25) is 0 Å². The maximum Gasteiger partial charge on any atom is 0.309 e. The summed E-state index contributed by atoms with van der Waals surface area (Å²) in [6.45, 7) is 0.961. The van der Waals surface area contributed by atoms with Crippen LogP contribution in [0.3, 0.4) is 0 Å². The zero-order valence-electron chi connectivity index (χ0n) is 19.2. The van der Waals surface area contributed by atoms with E-state index in [0.29, 0.717) is 54.4 Å². The fourth-order valence-corrected chi connectivity index (χ4v) is 7.42. The highest BCUT2D eigenvalue weighted by Crippen LogP contribution is 2.61. The van der Waals surface area contributed by atoms with E-state index in [-0.39, 0.29) is 35.7 Å². The molecule has 4 bridgehead atoms. The van der Waals surface area contributed by atoms with Crippen LogP contribution in [0.15, 0.2) is 30.6 Å². The molecule has 5 aliphatic rings. The highest BCUT2D eigenvalue weighted by molar-refractivity contribution is 6.04. The molecule has 5 fully saturated rings. The molecule has 2 N–H and O–H groups in total. The number of fused-ring (bicyclic) bond motifs is 1. The molecule has 34 heavy (non-hydrogen) atoms. The Hall–Kier alpha value is -3.03.